The molecule has 1 saturated carbocycles. The molecule has 3 nitrogen and oxygen atoms in total. The van der Waals surface area contributed by atoms with E-state index in [0.717, 1.165) is 10.2 Å². The van der Waals surface area contributed by atoms with Crippen LogP contribution in [0.3, 0.4) is 0 Å². The molecular weight excluding hydrogens is 318 g/mol. The Morgan fingerprint density at radius 2 is 2.15 bits per heavy atom. The molecule has 1 aliphatic carbocycles. The highest BCUT2D eigenvalue weighted by molar-refractivity contribution is 9.10. The number of halogens is 1. The molecule has 0 radical (unpaired) electrons. The summed E-state index contributed by atoms with van der Waals surface area (Å²) in [6.07, 6.45) is 5.13. The highest BCUT2D eigenvalue weighted by atomic mass is 79.9. The minimum atomic E-state index is -0.272. The molecule has 0 aliphatic heterocycles. The number of hydrogen-bond donors (Lipinski definition) is 1. The number of hydrogen-bond acceptors (Lipinski definition) is 3. The van der Waals surface area contributed by atoms with E-state index < -0.39 is 0 Å². The number of esters is 1. The van der Waals surface area contributed by atoms with Gasteiger partial charge in [0, 0.05) is 16.2 Å². The van der Waals surface area contributed by atoms with Gasteiger partial charge in [-0.2, -0.15) is 0 Å². The molecule has 2 atom stereocenters. The average Bonchev–Trinajstić information content (AvgIpc) is 2.43. The Balaban J connectivity index is 2.07. The molecule has 1 aromatic carbocycles. The summed E-state index contributed by atoms with van der Waals surface area (Å²) in [5, 5.41) is 3.60. The fourth-order valence-corrected chi connectivity index (χ4v) is 3.20. The van der Waals surface area contributed by atoms with Crippen LogP contribution in [-0.4, -0.2) is 18.6 Å². The van der Waals surface area contributed by atoms with E-state index in [9.17, 15) is 4.79 Å². The number of benzene rings is 1. The summed E-state index contributed by atoms with van der Waals surface area (Å²) in [5.74, 6) is 0.422. The van der Waals surface area contributed by atoms with Crippen LogP contribution >= 0.6 is 15.9 Å². The van der Waals surface area contributed by atoms with Gasteiger partial charge in [-0.1, -0.05) is 19.8 Å². The van der Waals surface area contributed by atoms with Crippen molar-refractivity contribution < 1.29 is 9.53 Å². The Morgan fingerprint density at radius 3 is 2.80 bits per heavy atom. The van der Waals surface area contributed by atoms with Crippen LogP contribution in [0.1, 0.15) is 49.9 Å². The third-order valence-corrected chi connectivity index (χ3v) is 4.59. The smallest absolute Gasteiger partial charge is 0.338 e. The molecule has 4 heteroatoms. The van der Waals surface area contributed by atoms with Crippen molar-refractivity contribution in [3.63, 3.8) is 0 Å². The average molecular weight is 340 g/mol. The summed E-state index contributed by atoms with van der Waals surface area (Å²) < 4.78 is 5.93. The standard InChI is InChI=1S/C16H22BrNO2/c1-3-20-16(19)12-8-9-15(13(17)10-12)18-14-7-5-4-6-11(14)2/h8-11,14,18H,3-7H2,1-2H3. The summed E-state index contributed by atoms with van der Waals surface area (Å²) in [6.45, 7) is 4.51. The second-order valence-corrected chi connectivity index (χ2v) is 6.28. The van der Waals surface area contributed by atoms with Crippen LogP contribution in [0.4, 0.5) is 5.69 Å². The Kier molecular flexibility index (Phi) is 5.46. The lowest BCUT2D eigenvalue weighted by atomic mass is 9.86. The van der Waals surface area contributed by atoms with Crippen LogP contribution in [-0.2, 0) is 4.74 Å². The predicted molar refractivity (Wildman–Crippen MR) is 85.1 cm³/mol. The molecular formula is C16H22BrNO2. The molecule has 20 heavy (non-hydrogen) atoms. The Hall–Kier alpha value is -1.03. The van der Waals surface area contributed by atoms with E-state index in [0.29, 0.717) is 24.1 Å². The van der Waals surface area contributed by atoms with E-state index in [1.807, 2.05) is 25.1 Å². The van der Waals surface area contributed by atoms with Crippen molar-refractivity contribution in [2.75, 3.05) is 11.9 Å². The first kappa shape index (κ1) is 15.4. The molecule has 2 rings (SSSR count). The van der Waals surface area contributed by atoms with E-state index in [2.05, 4.69) is 28.2 Å². The molecule has 1 N–H and O–H groups in total. The second kappa shape index (κ2) is 7.11. The summed E-state index contributed by atoms with van der Waals surface area (Å²) >= 11 is 3.54. The molecule has 0 spiro atoms. The largest absolute Gasteiger partial charge is 0.462 e. The van der Waals surface area contributed by atoms with E-state index in [-0.39, 0.29) is 5.97 Å². The van der Waals surface area contributed by atoms with Gasteiger partial charge in [-0.25, -0.2) is 4.79 Å². The maximum Gasteiger partial charge on any atom is 0.338 e. The number of carbonyl (C=O) groups excluding carboxylic acids is 1. The molecule has 0 amide bonds. The Morgan fingerprint density at radius 1 is 1.40 bits per heavy atom. The molecule has 110 valence electrons. The zero-order valence-electron chi connectivity index (χ0n) is 12.1. The number of nitrogens with one attached hydrogen (secondary N) is 1. The summed E-state index contributed by atoms with van der Waals surface area (Å²) in [5.41, 5.74) is 1.64. The zero-order valence-corrected chi connectivity index (χ0v) is 13.7. The monoisotopic (exact) mass is 339 g/mol. The third kappa shape index (κ3) is 3.75. The Bertz CT molecular complexity index is 476. The van der Waals surface area contributed by atoms with Crippen molar-refractivity contribution in [3.8, 4) is 0 Å². The lowest BCUT2D eigenvalue weighted by molar-refractivity contribution is 0.0526. The van der Waals surface area contributed by atoms with Crippen LogP contribution in [0.25, 0.3) is 0 Å². The highest BCUT2D eigenvalue weighted by Gasteiger charge is 2.21. The maximum atomic E-state index is 11.7. The summed E-state index contributed by atoms with van der Waals surface area (Å²) in [6, 6.07) is 6.12. The Labute approximate surface area is 129 Å². The van der Waals surface area contributed by atoms with Crippen LogP contribution < -0.4 is 5.32 Å². The SMILES string of the molecule is CCOC(=O)c1ccc(NC2CCCCC2C)c(Br)c1. The van der Waals surface area contributed by atoms with Crippen molar-refractivity contribution >= 4 is 27.6 Å². The van der Waals surface area contributed by atoms with Crippen molar-refractivity contribution in [2.45, 2.75) is 45.6 Å². The first-order valence-electron chi connectivity index (χ1n) is 7.35. The molecule has 1 aliphatic rings. The lowest BCUT2D eigenvalue weighted by Crippen LogP contribution is -2.30. The van der Waals surface area contributed by atoms with Crippen LogP contribution in [0.2, 0.25) is 0 Å². The van der Waals surface area contributed by atoms with Gasteiger partial charge in [-0.05, 0) is 59.8 Å². The van der Waals surface area contributed by atoms with Crippen molar-refractivity contribution in [1.29, 1.82) is 0 Å². The minimum Gasteiger partial charge on any atom is -0.462 e. The van der Waals surface area contributed by atoms with Crippen molar-refractivity contribution in [2.24, 2.45) is 5.92 Å². The van der Waals surface area contributed by atoms with E-state index in [1.54, 1.807) is 0 Å². The zero-order chi connectivity index (χ0) is 14.5. The fraction of sp³-hybridized carbons (Fsp3) is 0.562. The van der Waals surface area contributed by atoms with Crippen LogP contribution in [0.15, 0.2) is 22.7 Å². The topological polar surface area (TPSA) is 38.3 Å². The van der Waals surface area contributed by atoms with Gasteiger partial charge in [0.1, 0.15) is 0 Å². The van der Waals surface area contributed by atoms with Gasteiger partial charge in [-0.3, -0.25) is 0 Å². The number of ether oxygens (including phenoxy) is 1. The molecule has 1 fully saturated rings. The number of rotatable bonds is 4. The van der Waals surface area contributed by atoms with Crippen molar-refractivity contribution in [3.05, 3.63) is 28.2 Å². The second-order valence-electron chi connectivity index (χ2n) is 5.43. The van der Waals surface area contributed by atoms with Gasteiger partial charge in [0.05, 0.1) is 12.2 Å². The molecule has 1 aromatic rings. The van der Waals surface area contributed by atoms with E-state index >= 15 is 0 Å². The normalized spacial score (nSPS) is 22.4. The fourth-order valence-electron chi connectivity index (χ4n) is 2.70. The van der Waals surface area contributed by atoms with Gasteiger partial charge >= 0.3 is 5.97 Å². The summed E-state index contributed by atoms with van der Waals surface area (Å²) in [4.78, 5) is 11.7. The van der Waals surface area contributed by atoms with Gasteiger partial charge in [0.25, 0.3) is 0 Å². The molecule has 0 heterocycles. The molecule has 0 saturated heterocycles. The van der Waals surface area contributed by atoms with E-state index in [4.69, 9.17) is 4.74 Å². The predicted octanol–water partition coefficient (Wildman–Crippen LogP) is 4.62. The minimum absolute atomic E-state index is 0.272. The van der Waals surface area contributed by atoms with E-state index in [1.165, 1.54) is 25.7 Å². The van der Waals surface area contributed by atoms with Gasteiger partial charge in [-0.15, -0.1) is 0 Å². The number of carbonyl (C=O) groups is 1. The van der Waals surface area contributed by atoms with Crippen molar-refractivity contribution in [1.82, 2.24) is 0 Å². The maximum absolute atomic E-state index is 11.7. The van der Waals surface area contributed by atoms with Gasteiger partial charge < -0.3 is 10.1 Å². The number of anilines is 1. The van der Waals surface area contributed by atoms with Gasteiger partial charge in [0.15, 0.2) is 0 Å². The quantitative estimate of drug-likeness (QED) is 0.813. The molecule has 2 unspecified atom stereocenters. The first-order valence-corrected chi connectivity index (χ1v) is 8.14. The summed E-state index contributed by atoms with van der Waals surface area (Å²) in [7, 11) is 0. The molecule has 0 aromatic heterocycles. The third-order valence-electron chi connectivity index (χ3n) is 3.93. The van der Waals surface area contributed by atoms with Crippen LogP contribution in [0, 0.1) is 5.92 Å². The first-order chi connectivity index (χ1) is 9.61. The lowest BCUT2D eigenvalue weighted by Gasteiger charge is -2.30. The highest BCUT2D eigenvalue weighted by Crippen LogP contribution is 2.30. The van der Waals surface area contributed by atoms with Crippen LogP contribution in [0.5, 0.6) is 0 Å². The van der Waals surface area contributed by atoms with Gasteiger partial charge in [0.2, 0.25) is 0 Å². The molecule has 0 bridgehead atoms.